The molecule has 172 valence electrons. The van der Waals surface area contributed by atoms with Crippen LogP contribution in [0.5, 0.6) is 0 Å². The Morgan fingerprint density at radius 2 is 1.60 bits per heavy atom. The van der Waals surface area contributed by atoms with Gasteiger partial charge in [-0.25, -0.2) is 0 Å². The van der Waals surface area contributed by atoms with Gasteiger partial charge in [0.15, 0.2) is 0 Å². The number of nitro groups is 1. The second-order valence-electron chi connectivity index (χ2n) is 8.02. The first kappa shape index (κ1) is 22.3. The summed E-state index contributed by atoms with van der Waals surface area (Å²) in [6, 6.07) is 23.8. The summed E-state index contributed by atoms with van der Waals surface area (Å²) in [7, 11) is 0. The Kier molecular flexibility index (Phi) is 5.55. The molecule has 1 amide bonds. The van der Waals surface area contributed by atoms with E-state index in [1.54, 1.807) is 30.3 Å². The lowest BCUT2D eigenvalue weighted by molar-refractivity contribution is -0.384. The molecule has 1 aliphatic heterocycles. The molecular weight excluding hydrogens is 468 g/mol. The second kappa shape index (κ2) is 8.70. The molecule has 0 spiro atoms. The van der Waals surface area contributed by atoms with Crippen LogP contribution in [0.2, 0.25) is 5.02 Å². The number of non-ortho nitro benzene ring substituents is 1. The van der Waals surface area contributed by atoms with Crippen molar-refractivity contribution >= 4 is 51.2 Å². The molecule has 1 heterocycles. The number of carbonyl (C=O) groups excluding carboxylic acids is 2. The van der Waals surface area contributed by atoms with Crippen molar-refractivity contribution in [3.8, 4) is 0 Å². The maximum Gasteiger partial charge on any atom is 0.300 e. The number of rotatable bonds is 4. The van der Waals surface area contributed by atoms with Crippen LogP contribution >= 0.6 is 11.6 Å². The van der Waals surface area contributed by atoms with E-state index in [-0.39, 0.29) is 16.8 Å². The average Bonchev–Trinajstić information content (AvgIpc) is 3.14. The number of halogens is 1. The fourth-order valence-electron chi connectivity index (χ4n) is 4.41. The maximum absolute atomic E-state index is 13.3. The number of benzene rings is 4. The molecule has 1 N–H and O–H groups in total. The highest BCUT2D eigenvalue weighted by Gasteiger charge is 2.47. The molecule has 0 saturated carbocycles. The van der Waals surface area contributed by atoms with Crippen LogP contribution in [0.15, 0.2) is 96.6 Å². The molecule has 1 aliphatic rings. The van der Waals surface area contributed by atoms with Crippen molar-refractivity contribution in [1.82, 2.24) is 0 Å². The Bertz CT molecular complexity index is 1540. The largest absolute Gasteiger partial charge is 0.507 e. The standard InChI is InChI=1S/C27H17ClN2O5/c28-18-11-13-19(14-12-18)29-24(22-10-4-6-16-5-1-2-9-21(16)22)23(26(32)27(29)33)25(31)17-7-3-8-20(15-17)30(34)35/h1-15,24,31H/b25-23-. The lowest BCUT2D eigenvalue weighted by atomic mass is 9.91. The third-order valence-electron chi connectivity index (χ3n) is 6.00. The Morgan fingerprint density at radius 3 is 2.34 bits per heavy atom. The SMILES string of the molecule is O=C1C(=O)N(c2ccc(Cl)cc2)C(c2cccc3ccccc23)/C1=C(/O)c1cccc([N+](=O)[O-])c1. The van der Waals surface area contributed by atoms with Crippen molar-refractivity contribution in [2.75, 3.05) is 4.90 Å². The predicted octanol–water partition coefficient (Wildman–Crippen LogP) is 6.03. The molecule has 4 aromatic carbocycles. The Morgan fingerprint density at radius 1 is 0.914 bits per heavy atom. The molecule has 7 nitrogen and oxygen atoms in total. The highest BCUT2D eigenvalue weighted by atomic mass is 35.5. The summed E-state index contributed by atoms with van der Waals surface area (Å²) >= 11 is 6.04. The van der Waals surface area contributed by atoms with E-state index in [1.807, 2.05) is 36.4 Å². The zero-order valence-corrected chi connectivity index (χ0v) is 18.8. The number of aliphatic hydroxyl groups excluding tert-OH is 1. The molecular formula is C27H17ClN2O5. The van der Waals surface area contributed by atoms with Gasteiger partial charge in [-0.05, 0) is 40.6 Å². The van der Waals surface area contributed by atoms with Crippen LogP contribution in [0.4, 0.5) is 11.4 Å². The van der Waals surface area contributed by atoms with Gasteiger partial charge in [0.2, 0.25) is 0 Å². The highest BCUT2D eigenvalue weighted by Crippen LogP contribution is 2.44. The van der Waals surface area contributed by atoms with E-state index in [1.165, 1.54) is 29.2 Å². The van der Waals surface area contributed by atoms with Crippen molar-refractivity contribution in [3.05, 3.63) is 123 Å². The Balaban J connectivity index is 1.80. The van der Waals surface area contributed by atoms with Crippen molar-refractivity contribution in [1.29, 1.82) is 0 Å². The van der Waals surface area contributed by atoms with Crippen LogP contribution in [0.3, 0.4) is 0 Å². The summed E-state index contributed by atoms with van der Waals surface area (Å²) in [6.45, 7) is 0. The summed E-state index contributed by atoms with van der Waals surface area (Å²) in [4.78, 5) is 38.7. The summed E-state index contributed by atoms with van der Waals surface area (Å²) in [5, 5.41) is 24.7. The normalized spacial score (nSPS) is 17.2. The molecule has 4 aromatic rings. The molecule has 0 bridgehead atoms. The highest BCUT2D eigenvalue weighted by molar-refractivity contribution is 6.52. The molecule has 35 heavy (non-hydrogen) atoms. The van der Waals surface area contributed by atoms with Crippen LogP contribution in [-0.4, -0.2) is 21.7 Å². The van der Waals surface area contributed by atoms with Crippen molar-refractivity contribution in [2.45, 2.75) is 6.04 Å². The zero-order valence-electron chi connectivity index (χ0n) is 18.1. The Hall–Kier alpha value is -4.49. The summed E-state index contributed by atoms with van der Waals surface area (Å²) in [5.41, 5.74) is 0.722. The lowest BCUT2D eigenvalue weighted by Crippen LogP contribution is -2.29. The first-order valence-electron chi connectivity index (χ1n) is 10.7. The molecule has 0 aromatic heterocycles. The van der Waals surface area contributed by atoms with Gasteiger partial charge in [-0.1, -0.05) is 66.2 Å². The van der Waals surface area contributed by atoms with Gasteiger partial charge in [0.05, 0.1) is 16.5 Å². The molecule has 1 fully saturated rings. The van der Waals surface area contributed by atoms with E-state index in [9.17, 15) is 24.8 Å². The second-order valence-corrected chi connectivity index (χ2v) is 8.46. The van der Waals surface area contributed by atoms with Gasteiger partial charge in [0, 0.05) is 28.4 Å². The topological polar surface area (TPSA) is 101 Å². The summed E-state index contributed by atoms with van der Waals surface area (Å²) in [6.07, 6.45) is 0. The van der Waals surface area contributed by atoms with Crippen LogP contribution in [-0.2, 0) is 9.59 Å². The lowest BCUT2D eigenvalue weighted by Gasteiger charge is -2.26. The third-order valence-corrected chi connectivity index (χ3v) is 6.25. The number of aliphatic hydroxyl groups is 1. The van der Waals surface area contributed by atoms with E-state index >= 15 is 0 Å². The molecule has 1 unspecified atom stereocenters. The number of amides is 1. The molecule has 0 aliphatic carbocycles. The number of nitrogens with zero attached hydrogens (tertiary/aromatic N) is 2. The quantitative estimate of drug-likeness (QED) is 0.125. The maximum atomic E-state index is 13.3. The van der Waals surface area contributed by atoms with E-state index in [0.717, 1.165) is 10.8 Å². The number of ketones is 1. The van der Waals surface area contributed by atoms with E-state index in [0.29, 0.717) is 16.3 Å². The molecule has 8 heteroatoms. The van der Waals surface area contributed by atoms with Gasteiger partial charge in [-0.3, -0.25) is 24.6 Å². The molecule has 1 atom stereocenters. The number of hydrogen-bond donors (Lipinski definition) is 1. The smallest absolute Gasteiger partial charge is 0.300 e. The van der Waals surface area contributed by atoms with Gasteiger partial charge in [-0.2, -0.15) is 0 Å². The first-order chi connectivity index (χ1) is 16.9. The number of carbonyl (C=O) groups is 2. The van der Waals surface area contributed by atoms with Gasteiger partial charge < -0.3 is 5.11 Å². The van der Waals surface area contributed by atoms with Gasteiger partial charge in [0.25, 0.3) is 17.4 Å². The van der Waals surface area contributed by atoms with Crippen molar-refractivity contribution < 1.29 is 19.6 Å². The van der Waals surface area contributed by atoms with E-state index in [2.05, 4.69) is 0 Å². The Labute approximate surface area is 204 Å². The van der Waals surface area contributed by atoms with E-state index in [4.69, 9.17) is 11.6 Å². The van der Waals surface area contributed by atoms with E-state index < -0.39 is 28.4 Å². The van der Waals surface area contributed by atoms with Gasteiger partial charge >= 0.3 is 0 Å². The minimum Gasteiger partial charge on any atom is -0.507 e. The monoisotopic (exact) mass is 484 g/mol. The minimum atomic E-state index is -0.971. The number of Topliss-reactive ketones (excluding diaryl/α,β-unsaturated/α-hetero) is 1. The number of anilines is 1. The molecule has 1 saturated heterocycles. The molecule has 5 rings (SSSR count). The average molecular weight is 485 g/mol. The van der Waals surface area contributed by atoms with Crippen LogP contribution in [0.1, 0.15) is 17.2 Å². The fraction of sp³-hybridized carbons (Fsp3) is 0.0370. The van der Waals surface area contributed by atoms with Crippen LogP contribution in [0.25, 0.3) is 16.5 Å². The van der Waals surface area contributed by atoms with Crippen LogP contribution in [0, 0.1) is 10.1 Å². The van der Waals surface area contributed by atoms with Crippen molar-refractivity contribution in [2.24, 2.45) is 0 Å². The van der Waals surface area contributed by atoms with Gasteiger partial charge in [-0.15, -0.1) is 0 Å². The molecule has 0 radical (unpaired) electrons. The summed E-state index contributed by atoms with van der Waals surface area (Å²) < 4.78 is 0. The van der Waals surface area contributed by atoms with Crippen molar-refractivity contribution in [3.63, 3.8) is 0 Å². The van der Waals surface area contributed by atoms with Gasteiger partial charge in [0.1, 0.15) is 5.76 Å². The van der Waals surface area contributed by atoms with Crippen LogP contribution < -0.4 is 4.90 Å². The number of fused-ring (bicyclic) bond motifs is 1. The first-order valence-corrected chi connectivity index (χ1v) is 11.0. The zero-order chi connectivity index (χ0) is 24.7. The minimum absolute atomic E-state index is 0.0681. The fourth-order valence-corrected chi connectivity index (χ4v) is 4.53. The number of nitro benzene ring substituents is 1. The summed E-state index contributed by atoms with van der Waals surface area (Å²) in [5.74, 6) is -2.19. The third kappa shape index (κ3) is 3.82. The number of hydrogen-bond acceptors (Lipinski definition) is 5. The predicted molar refractivity (Wildman–Crippen MR) is 133 cm³/mol.